The van der Waals surface area contributed by atoms with Crippen LogP contribution in [0.3, 0.4) is 0 Å². The Bertz CT molecular complexity index is 448. The summed E-state index contributed by atoms with van der Waals surface area (Å²) in [4.78, 5) is 22.3. The topological polar surface area (TPSA) is 92.4 Å². The summed E-state index contributed by atoms with van der Waals surface area (Å²) in [5, 5.41) is 11.2. The van der Waals surface area contributed by atoms with Gasteiger partial charge in [-0.2, -0.15) is 0 Å². The van der Waals surface area contributed by atoms with Crippen molar-refractivity contribution in [2.24, 2.45) is 5.73 Å². The SMILES string of the molecule is CCC(N)C(=O)Nc1ccc(F)cc1C(=O)O. The van der Waals surface area contributed by atoms with Crippen LogP contribution in [0.1, 0.15) is 23.7 Å². The summed E-state index contributed by atoms with van der Waals surface area (Å²) in [6.07, 6.45) is 0.426. The van der Waals surface area contributed by atoms with E-state index in [-0.39, 0.29) is 11.3 Å². The molecule has 6 heteroatoms. The fraction of sp³-hybridized carbons (Fsp3) is 0.273. The number of hydrogen-bond acceptors (Lipinski definition) is 3. The predicted octanol–water partition coefficient (Wildman–Crippen LogP) is 1.20. The molecule has 0 aliphatic heterocycles. The summed E-state index contributed by atoms with van der Waals surface area (Å²) >= 11 is 0. The number of amides is 1. The number of carboxylic acids is 1. The molecule has 0 aromatic heterocycles. The van der Waals surface area contributed by atoms with Gasteiger partial charge in [0.1, 0.15) is 5.82 Å². The van der Waals surface area contributed by atoms with Crippen molar-refractivity contribution in [3.05, 3.63) is 29.6 Å². The predicted molar refractivity (Wildman–Crippen MR) is 60.3 cm³/mol. The standard InChI is InChI=1S/C11H13FN2O3/c1-2-8(13)10(15)14-9-4-3-6(12)5-7(9)11(16)17/h3-5,8H,2,13H2,1H3,(H,14,15)(H,16,17). The Labute approximate surface area is 97.4 Å². The van der Waals surface area contributed by atoms with Crippen molar-refractivity contribution in [1.82, 2.24) is 0 Å². The maximum absolute atomic E-state index is 12.9. The lowest BCUT2D eigenvalue weighted by molar-refractivity contribution is -0.117. The van der Waals surface area contributed by atoms with Crippen LogP contribution in [-0.4, -0.2) is 23.0 Å². The number of carbonyl (C=O) groups is 2. The summed E-state index contributed by atoms with van der Waals surface area (Å²) in [5.74, 6) is -2.49. The van der Waals surface area contributed by atoms with Gasteiger partial charge in [0.2, 0.25) is 5.91 Å². The molecule has 1 unspecified atom stereocenters. The van der Waals surface area contributed by atoms with Crippen molar-refractivity contribution in [3.8, 4) is 0 Å². The molecule has 0 saturated carbocycles. The van der Waals surface area contributed by atoms with Crippen LogP contribution in [0.2, 0.25) is 0 Å². The second-order valence-electron chi connectivity index (χ2n) is 3.50. The second-order valence-corrected chi connectivity index (χ2v) is 3.50. The van der Waals surface area contributed by atoms with Crippen molar-refractivity contribution in [2.75, 3.05) is 5.32 Å². The highest BCUT2D eigenvalue weighted by molar-refractivity contribution is 6.02. The molecule has 0 radical (unpaired) electrons. The van der Waals surface area contributed by atoms with Crippen molar-refractivity contribution in [1.29, 1.82) is 0 Å². The number of benzene rings is 1. The summed E-state index contributed by atoms with van der Waals surface area (Å²) in [6.45, 7) is 1.73. The largest absolute Gasteiger partial charge is 0.478 e. The van der Waals surface area contributed by atoms with Gasteiger partial charge in [-0.05, 0) is 24.6 Å². The summed E-state index contributed by atoms with van der Waals surface area (Å²) in [5.41, 5.74) is 5.22. The fourth-order valence-electron chi connectivity index (χ4n) is 1.21. The Hall–Kier alpha value is -1.95. The molecular formula is C11H13FN2O3. The van der Waals surface area contributed by atoms with Crippen LogP contribution in [0.25, 0.3) is 0 Å². The van der Waals surface area contributed by atoms with E-state index in [4.69, 9.17) is 10.8 Å². The van der Waals surface area contributed by atoms with Gasteiger partial charge >= 0.3 is 5.97 Å². The zero-order valence-corrected chi connectivity index (χ0v) is 9.24. The van der Waals surface area contributed by atoms with Crippen LogP contribution in [-0.2, 0) is 4.79 Å². The third-order valence-corrected chi connectivity index (χ3v) is 2.25. The first-order valence-corrected chi connectivity index (χ1v) is 5.05. The van der Waals surface area contributed by atoms with E-state index in [1.165, 1.54) is 6.07 Å². The van der Waals surface area contributed by atoms with E-state index in [9.17, 15) is 14.0 Å². The number of carbonyl (C=O) groups excluding carboxylic acids is 1. The Kier molecular flexibility index (Phi) is 4.17. The van der Waals surface area contributed by atoms with E-state index in [1.807, 2.05) is 0 Å². The van der Waals surface area contributed by atoms with Gasteiger partial charge in [0.15, 0.2) is 0 Å². The summed E-state index contributed by atoms with van der Waals surface area (Å²) in [7, 11) is 0. The minimum atomic E-state index is -1.31. The Balaban J connectivity index is 2.98. The number of nitrogens with two attached hydrogens (primary N) is 1. The third kappa shape index (κ3) is 3.25. The zero-order chi connectivity index (χ0) is 13.0. The van der Waals surface area contributed by atoms with Crippen LogP contribution in [0, 0.1) is 5.82 Å². The van der Waals surface area contributed by atoms with Gasteiger partial charge in [0.25, 0.3) is 0 Å². The first-order chi connectivity index (χ1) is 7.95. The van der Waals surface area contributed by atoms with E-state index < -0.39 is 23.7 Å². The molecule has 0 fully saturated rings. The van der Waals surface area contributed by atoms with Crippen molar-refractivity contribution < 1.29 is 19.1 Å². The molecule has 0 heterocycles. The number of anilines is 1. The van der Waals surface area contributed by atoms with Crippen molar-refractivity contribution in [2.45, 2.75) is 19.4 Å². The summed E-state index contributed by atoms with van der Waals surface area (Å²) in [6, 6.07) is 2.38. The first-order valence-electron chi connectivity index (χ1n) is 5.05. The Morgan fingerprint density at radius 2 is 2.18 bits per heavy atom. The van der Waals surface area contributed by atoms with Crippen LogP contribution < -0.4 is 11.1 Å². The Morgan fingerprint density at radius 3 is 2.71 bits per heavy atom. The zero-order valence-electron chi connectivity index (χ0n) is 9.24. The van der Waals surface area contributed by atoms with Gasteiger partial charge in [-0.1, -0.05) is 6.92 Å². The molecule has 1 aromatic rings. The second kappa shape index (κ2) is 5.40. The Morgan fingerprint density at radius 1 is 1.53 bits per heavy atom. The van der Waals surface area contributed by atoms with Gasteiger partial charge in [0.05, 0.1) is 17.3 Å². The number of nitrogens with one attached hydrogen (secondary N) is 1. The van der Waals surface area contributed by atoms with Crippen LogP contribution in [0.15, 0.2) is 18.2 Å². The highest BCUT2D eigenvalue weighted by Crippen LogP contribution is 2.17. The normalized spacial score (nSPS) is 11.9. The van der Waals surface area contributed by atoms with E-state index in [2.05, 4.69) is 5.32 Å². The lowest BCUT2D eigenvalue weighted by Gasteiger charge is -2.12. The minimum Gasteiger partial charge on any atom is -0.478 e. The molecule has 5 nitrogen and oxygen atoms in total. The molecule has 0 bridgehead atoms. The van der Waals surface area contributed by atoms with E-state index in [0.29, 0.717) is 6.42 Å². The molecule has 0 spiro atoms. The molecule has 1 atom stereocenters. The average Bonchev–Trinajstić information content (AvgIpc) is 2.29. The molecule has 1 amide bonds. The fourth-order valence-corrected chi connectivity index (χ4v) is 1.21. The van der Waals surface area contributed by atoms with Crippen LogP contribution in [0.5, 0.6) is 0 Å². The minimum absolute atomic E-state index is 0.0350. The number of halogens is 1. The molecule has 0 aliphatic carbocycles. The molecule has 17 heavy (non-hydrogen) atoms. The lowest BCUT2D eigenvalue weighted by atomic mass is 10.1. The van der Waals surface area contributed by atoms with E-state index in [0.717, 1.165) is 12.1 Å². The smallest absolute Gasteiger partial charge is 0.337 e. The summed E-state index contributed by atoms with van der Waals surface area (Å²) < 4.78 is 12.9. The van der Waals surface area contributed by atoms with Gasteiger partial charge in [-0.15, -0.1) is 0 Å². The maximum atomic E-state index is 12.9. The molecule has 1 rings (SSSR count). The van der Waals surface area contributed by atoms with E-state index in [1.54, 1.807) is 6.92 Å². The number of carboxylic acid groups (broad SMARTS) is 1. The maximum Gasteiger partial charge on any atom is 0.337 e. The monoisotopic (exact) mass is 240 g/mol. The third-order valence-electron chi connectivity index (χ3n) is 2.25. The quantitative estimate of drug-likeness (QED) is 0.737. The molecule has 4 N–H and O–H groups in total. The van der Waals surface area contributed by atoms with Crippen LogP contribution >= 0.6 is 0 Å². The van der Waals surface area contributed by atoms with Crippen molar-refractivity contribution in [3.63, 3.8) is 0 Å². The van der Waals surface area contributed by atoms with Crippen LogP contribution in [0.4, 0.5) is 10.1 Å². The van der Waals surface area contributed by atoms with Crippen molar-refractivity contribution >= 4 is 17.6 Å². The van der Waals surface area contributed by atoms with Gasteiger partial charge in [-0.3, -0.25) is 4.79 Å². The highest BCUT2D eigenvalue weighted by atomic mass is 19.1. The molecule has 0 saturated heterocycles. The number of rotatable bonds is 4. The number of hydrogen-bond donors (Lipinski definition) is 3. The number of aromatic carboxylic acids is 1. The lowest BCUT2D eigenvalue weighted by Crippen LogP contribution is -2.35. The first kappa shape index (κ1) is 13.1. The van der Waals surface area contributed by atoms with Gasteiger partial charge in [0, 0.05) is 0 Å². The molecule has 92 valence electrons. The van der Waals surface area contributed by atoms with Gasteiger partial charge in [-0.25, -0.2) is 9.18 Å². The highest BCUT2D eigenvalue weighted by Gasteiger charge is 2.16. The molecule has 1 aromatic carbocycles. The average molecular weight is 240 g/mol. The van der Waals surface area contributed by atoms with E-state index >= 15 is 0 Å². The molecular weight excluding hydrogens is 227 g/mol. The molecule has 0 aliphatic rings. The van der Waals surface area contributed by atoms with Gasteiger partial charge < -0.3 is 16.2 Å².